The molecule has 5 N–H and O–H groups in total. The van der Waals surface area contributed by atoms with Crippen molar-refractivity contribution in [1.29, 1.82) is 0 Å². The van der Waals surface area contributed by atoms with Gasteiger partial charge in [0.1, 0.15) is 5.79 Å². The molecule has 0 heterocycles. The summed E-state index contributed by atoms with van der Waals surface area (Å²) in [6.45, 7) is 5.89. The van der Waals surface area contributed by atoms with Crippen molar-refractivity contribution >= 4 is 0 Å². The Labute approximate surface area is 56.8 Å². The van der Waals surface area contributed by atoms with Gasteiger partial charge in [-0.1, -0.05) is 6.92 Å². The third kappa shape index (κ3) is 5.76. The van der Waals surface area contributed by atoms with Crippen LogP contribution in [0, 0.1) is 0 Å². The second-order valence-corrected chi connectivity index (χ2v) is 2.74. The molecule has 0 aliphatic heterocycles. The standard InChI is InChI=1S/C6H17N3/c1-4-5(2)9-6(3,7)8/h5,9H,4,7-8H2,1-3H3/t5-/m1/s1. The molecule has 56 valence electrons. The molecule has 0 amide bonds. The van der Waals surface area contributed by atoms with E-state index < -0.39 is 5.79 Å². The van der Waals surface area contributed by atoms with Crippen LogP contribution in [-0.2, 0) is 0 Å². The summed E-state index contributed by atoms with van der Waals surface area (Å²) in [6, 6.07) is 0.394. The summed E-state index contributed by atoms with van der Waals surface area (Å²) in [7, 11) is 0. The zero-order valence-electron chi connectivity index (χ0n) is 6.44. The Hall–Kier alpha value is -0.120. The molecule has 0 saturated heterocycles. The molecule has 0 aromatic rings. The molecule has 0 saturated carbocycles. The fourth-order valence-electron chi connectivity index (χ4n) is 0.633. The molecule has 0 unspecified atom stereocenters. The monoisotopic (exact) mass is 131 g/mol. The molecule has 1 atom stereocenters. The normalized spacial score (nSPS) is 15.7. The van der Waals surface area contributed by atoms with Crippen LogP contribution in [0.1, 0.15) is 27.2 Å². The topological polar surface area (TPSA) is 64.1 Å². The fourth-order valence-corrected chi connectivity index (χ4v) is 0.633. The van der Waals surface area contributed by atoms with Crippen molar-refractivity contribution in [2.24, 2.45) is 11.5 Å². The predicted octanol–water partition coefficient (Wildman–Crippen LogP) is -0.0344. The quantitative estimate of drug-likeness (QED) is 0.471. The van der Waals surface area contributed by atoms with Crippen molar-refractivity contribution in [1.82, 2.24) is 5.32 Å². The molecule has 3 heteroatoms. The van der Waals surface area contributed by atoms with E-state index in [0.717, 1.165) is 6.42 Å². The van der Waals surface area contributed by atoms with Crippen LogP contribution < -0.4 is 16.8 Å². The van der Waals surface area contributed by atoms with E-state index in [1.165, 1.54) is 0 Å². The number of nitrogens with one attached hydrogen (secondary N) is 1. The van der Waals surface area contributed by atoms with Crippen molar-refractivity contribution in [2.45, 2.75) is 39.0 Å². The molecule has 0 spiro atoms. The van der Waals surface area contributed by atoms with E-state index in [1.807, 2.05) is 0 Å². The van der Waals surface area contributed by atoms with Gasteiger partial charge >= 0.3 is 0 Å². The lowest BCUT2D eigenvalue weighted by atomic mass is 10.2. The number of nitrogens with two attached hydrogens (primary N) is 2. The summed E-state index contributed by atoms with van der Waals surface area (Å²) in [4.78, 5) is 0. The Kier molecular flexibility index (Phi) is 3.11. The summed E-state index contributed by atoms with van der Waals surface area (Å²) in [5.74, 6) is -0.727. The molecule has 0 radical (unpaired) electrons. The van der Waals surface area contributed by atoms with Crippen LogP contribution in [0.25, 0.3) is 0 Å². The first kappa shape index (κ1) is 8.88. The van der Waals surface area contributed by atoms with Crippen molar-refractivity contribution in [2.75, 3.05) is 0 Å². The van der Waals surface area contributed by atoms with Crippen LogP contribution in [0.4, 0.5) is 0 Å². The molecule has 0 rings (SSSR count). The van der Waals surface area contributed by atoms with Gasteiger partial charge in [-0.25, -0.2) is 0 Å². The van der Waals surface area contributed by atoms with E-state index in [9.17, 15) is 0 Å². The minimum atomic E-state index is -0.727. The summed E-state index contributed by atoms with van der Waals surface area (Å²) >= 11 is 0. The highest BCUT2D eigenvalue weighted by molar-refractivity contribution is 4.70. The number of hydrogen-bond acceptors (Lipinski definition) is 3. The fraction of sp³-hybridized carbons (Fsp3) is 1.00. The Morgan fingerprint density at radius 2 is 2.00 bits per heavy atom. The lowest BCUT2D eigenvalue weighted by Crippen LogP contribution is -2.61. The minimum Gasteiger partial charge on any atom is -0.301 e. The van der Waals surface area contributed by atoms with Gasteiger partial charge in [0.25, 0.3) is 0 Å². The van der Waals surface area contributed by atoms with Gasteiger partial charge in [0.15, 0.2) is 0 Å². The van der Waals surface area contributed by atoms with Crippen LogP contribution in [-0.4, -0.2) is 11.8 Å². The molecule has 0 bridgehead atoms. The van der Waals surface area contributed by atoms with Crippen LogP contribution in [0.2, 0.25) is 0 Å². The first-order chi connectivity index (χ1) is 3.95. The van der Waals surface area contributed by atoms with Crippen LogP contribution in [0.3, 0.4) is 0 Å². The summed E-state index contributed by atoms with van der Waals surface area (Å²) in [6.07, 6.45) is 1.05. The van der Waals surface area contributed by atoms with Gasteiger partial charge in [-0.3, -0.25) is 5.32 Å². The smallest absolute Gasteiger partial charge is 0.115 e. The van der Waals surface area contributed by atoms with E-state index in [-0.39, 0.29) is 0 Å². The number of hydrogen-bond donors (Lipinski definition) is 3. The molecule has 9 heavy (non-hydrogen) atoms. The van der Waals surface area contributed by atoms with Crippen molar-refractivity contribution < 1.29 is 0 Å². The highest BCUT2D eigenvalue weighted by Crippen LogP contribution is 1.91. The van der Waals surface area contributed by atoms with Crippen molar-refractivity contribution in [3.8, 4) is 0 Å². The lowest BCUT2D eigenvalue weighted by molar-refractivity contribution is 0.332. The predicted molar refractivity (Wildman–Crippen MR) is 39.7 cm³/mol. The highest BCUT2D eigenvalue weighted by Gasteiger charge is 2.11. The molecular formula is C6H17N3. The van der Waals surface area contributed by atoms with E-state index in [2.05, 4.69) is 19.2 Å². The third-order valence-electron chi connectivity index (χ3n) is 1.17. The Balaban J connectivity index is 3.47. The zero-order chi connectivity index (χ0) is 7.49. The van der Waals surface area contributed by atoms with Gasteiger partial charge in [-0.2, -0.15) is 0 Å². The molecule has 0 aliphatic carbocycles. The third-order valence-corrected chi connectivity index (χ3v) is 1.17. The Bertz CT molecular complexity index is 74.9. The SMILES string of the molecule is CC[C@@H](C)NC(C)(N)N. The van der Waals surface area contributed by atoms with E-state index in [4.69, 9.17) is 11.5 Å². The second kappa shape index (κ2) is 3.15. The minimum absolute atomic E-state index is 0.394. The summed E-state index contributed by atoms with van der Waals surface area (Å²) < 4.78 is 0. The number of rotatable bonds is 3. The van der Waals surface area contributed by atoms with E-state index >= 15 is 0 Å². The van der Waals surface area contributed by atoms with Crippen LogP contribution in [0.15, 0.2) is 0 Å². The summed E-state index contributed by atoms with van der Waals surface area (Å²) in [5.41, 5.74) is 11.0. The molecule has 0 aromatic heterocycles. The van der Waals surface area contributed by atoms with Gasteiger partial charge in [0.2, 0.25) is 0 Å². The van der Waals surface area contributed by atoms with Crippen molar-refractivity contribution in [3.05, 3.63) is 0 Å². The van der Waals surface area contributed by atoms with Gasteiger partial charge in [-0.05, 0) is 20.3 Å². The van der Waals surface area contributed by atoms with E-state index in [1.54, 1.807) is 6.92 Å². The van der Waals surface area contributed by atoms with Crippen LogP contribution >= 0.6 is 0 Å². The zero-order valence-corrected chi connectivity index (χ0v) is 6.44. The Morgan fingerprint density at radius 1 is 1.56 bits per heavy atom. The van der Waals surface area contributed by atoms with Gasteiger partial charge in [-0.15, -0.1) is 0 Å². The second-order valence-electron chi connectivity index (χ2n) is 2.74. The largest absolute Gasteiger partial charge is 0.301 e. The van der Waals surface area contributed by atoms with Crippen LogP contribution in [0.5, 0.6) is 0 Å². The maximum Gasteiger partial charge on any atom is 0.115 e. The average molecular weight is 131 g/mol. The maximum absolute atomic E-state index is 5.48. The molecule has 0 aliphatic rings. The molecule has 3 nitrogen and oxygen atoms in total. The average Bonchev–Trinajstić information content (AvgIpc) is 1.62. The molecule has 0 aromatic carbocycles. The van der Waals surface area contributed by atoms with Gasteiger partial charge in [0.05, 0.1) is 0 Å². The Morgan fingerprint density at radius 3 is 2.11 bits per heavy atom. The lowest BCUT2D eigenvalue weighted by Gasteiger charge is -2.24. The molecule has 0 fully saturated rings. The van der Waals surface area contributed by atoms with Gasteiger partial charge < -0.3 is 11.5 Å². The first-order valence-electron chi connectivity index (χ1n) is 3.31. The van der Waals surface area contributed by atoms with Gasteiger partial charge in [0, 0.05) is 6.04 Å². The molecular weight excluding hydrogens is 114 g/mol. The van der Waals surface area contributed by atoms with E-state index in [0.29, 0.717) is 6.04 Å². The summed E-state index contributed by atoms with van der Waals surface area (Å²) in [5, 5.41) is 3.02. The first-order valence-corrected chi connectivity index (χ1v) is 3.31. The highest BCUT2D eigenvalue weighted by atomic mass is 15.2. The maximum atomic E-state index is 5.48. The van der Waals surface area contributed by atoms with Crippen molar-refractivity contribution in [3.63, 3.8) is 0 Å².